The predicted molar refractivity (Wildman–Crippen MR) is 34.1 cm³/mol. The third-order valence-corrected chi connectivity index (χ3v) is 3.60. The Balaban J connectivity index is 1.84. The summed E-state index contributed by atoms with van der Waals surface area (Å²) in [7, 11) is 0. The Morgan fingerprint density at radius 3 is 2.40 bits per heavy atom. The van der Waals surface area contributed by atoms with E-state index in [0.717, 1.165) is 23.7 Å². The zero-order valence-electron chi connectivity index (χ0n) is 5.69. The molecule has 0 aliphatic heterocycles. The van der Waals surface area contributed by atoms with E-state index in [9.17, 15) is 4.79 Å². The van der Waals surface area contributed by atoms with Gasteiger partial charge in [0.2, 0.25) is 0 Å². The first-order chi connectivity index (χ1) is 4.92. The highest BCUT2D eigenvalue weighted by atomic mass is 16.5. The van der Waals surface area contributed by atoms with E-state index in [0.29, 0.717) is 12.6 Å². The molecule has 4 bridgehead atoms. The van der Waals surface area contributed by atoms with Crippen LogP contribution < -0.4 is 0 Å². The van der Waals surface area contributed by atoms with Crippen LogP contribution in [0.15, 0.2) is 0 Å². The van der Waals surface area contributed by atoms with Crippen molar-refractivity contribution in [3.63, 3.8) is 0 Å². The summed E-state index contributed by atoms with van der Waals surface area (Å²) in [6.45, 7) is 0.626. The van der Waals surface area contributed by atoms with Crippen LogP contribution in [0.1, 0.15) is 12.8 Å². The maximum Gasteiger partial charge on any atom is 0.293 e. The van der Waals surface area contributed by atoms with Gasteiger partial charge in [0, 0.05) is 5.92 Å². The molecular formula is C8H10O2. The molecule has 0 amide bonds. The van der Waals surface area contributed by atoms with Gasteiger partial charge in [0.1, 0.15) is 6.10 Å². The number of ether oxygens (including phenoxy) is 1. The highest BCUT2D eigenvalue weighted by Gasteiger charge is 2.69. The molecule has 2 heteroatoms. The summed E-state index contributed by atoms with van der Waals surface area (Å²) in [5.74, 6) is 3.44. The molecule has 3 unspecified atom stereocenters. The summed E-state index contributed by atoms with van der Waals surface area (Å²) in [5, 5.41) is 0. The van der Waals surface area contributed by atoms with Crippen LogP contribution in [-0.4, -0.2) is 12.6 Å². The van der Waals surface area contributed by atoms with Crippen LogP contribution in [0.3, 0.4) is 0 Å². The minimum absolute atomic E-state index is 0.326. The lowest BCUT2D eigenvalue weighted by Gasteiger charge is -2.10. The zero-order chi connectivity index (χ0) is 6.72. The lowest BCUT2D eigenvalue weighted by molar-refractivity contribution is -0.135. The maximum atomic E-state index is 10.1. The summed E-state index contributed by atoms with van der Waals surface area (Å²) in [4.78, 5) is 10.1. The Hall–Kier alpha value is -0.530. The molecular weight excluding hydrogens is 128 g/mol. The molecule has 0 aromatic rings. The first-order valence-corrected chi connectivity index (χ1v) is 4.01. The van der Waals surface area contributed by atoms with E-state index in [2.05, 4.69) is 0 Å². The van der Waals surface area contributed by atoms with Crippen molar-refractivity contribution < 1.29 is 9.53 Å². The average molecular weight is 138 g/mol. The third kappa shape index (κ3) is 0.386. The second-order valence-electron chi connectivity index (χ2n) is 3.83. The van der Waals surface area contributed by atoms with Crippen LogP contribution in [0.5, 0.6) is 0 Å². The third-order valence-electron chi connectivity index (χ3n) is 3.60. The lowest BCUT2D eigenvalue weighted by Crippen LogP contribution is -2.15. The van der Waals surface area contributed by atoms with E-state index < -0.39 is 0 Å². The molecule has 0 radical (unpaired) electrons. The summed E-state index contributed by atoms with van der Waals surface area (Å²) in [5.41, 5.74) is 0. The molecule has 0 spiro atoms. The smallest absolute Gasteiger partial charge is 0.293 e. The van der Waals surface area contributed by atoms with Gasteiger partial charge >= 0.3 is 0 Å². The molecule has 4 fully saturated rings. The normalized spacial score (nSPS) is 60.6. The van der Waals surface area contributed by atoms with Crippen molar-refractivity contribution in [2.75, 3.05) is 0 Å². The monoisotopic (exact) mass is 138 g/mol. The maximum absolute atomic E-state index is 10.1. The number of rotatable bonds is 2. The van der Waals surface area contributed by atoms with Crippen molar-refractivity contribution in [1.29, 1.82) is 0 Å². The molecule has 0 aromatic heterocycles. The van der Waals surface area contributed by atoms with Gasteiger partial charge in [-0.3, -0.25) is 4.79 Å². The standard InChI is InChI=1S/C8H10O2/c9-3-10-8-4-1-5-6(2-4)7(5)8/h3-8H,1-2H2/t4?,5-,6+,7?,8?. The van der Waals surface area contributed by atoms with E-state index >= 15 is 0 Å². The number of hydrogen-bond acceptors (Lipinski definition) is 2. The first kappa shape index (κ1) is 5.16. The second kappa shape index (κ2) is 1.39. The Kier molecular flexibility index (Phi) is 0.715. The van der Waals surface area contributed by atoms with Gasteiger partial charge in [-0.2, -0.15) is 0 Å². The van der Waals surface area contributed by atoms with Gasteiger partial charge in [0.25, 0.3) is 6.47 Å². The van der Waals surface area contributed by atoms with Gasteiger partial charge in [-0.15, -0.1) is 0 Å². The van der Waals surface area contributed by atoms with E-state index in [1.54, 1.807) is 0 Å². The highest BCUT2D eigenvalue weighted by Crippen LogP contribution is 2.71. The quantitative estimate of drug-likeness (QED) is 0.528. The van der Waals surface area contributed by atoms with Crippen molar-refractivity contribution in [2.24, 2.45) is 23.7 Å². The summed E-state index contributed by atoms with van der Waals surface area (Å²) >= 11 is 0. The van der Waals surface area contributed by atoms with Gasteiger partial charge in [-0.05, 0) is 30.6 Å². The topological polar surface area (TPSA) is 26.3 Å². The van der Waals surface area contributed by atoms with E-state index in [-0.39, 0.29) is 0 Å². The van der Waals surface area contributed by atoms with Crippen LogP contribution in [-0.2, 0) is 9.53 Å². The van der Waals surface area contributed by atoms with Crippen LogP contribution >= 0.6 is 0 Å². The molecule has 4 aliphatic carbocycles. The van der Waals surface area contributed by atoms with Crippen LogP contribution in [0.4, 0.5) is 0 Å². The molecule has 4 rings (SSSR count). The molecule has 4 saturated carbocycles. The van der Waals surface area contributed by atoms with Crippen molar-refractivity contribution in [3.8, 4) is 0 Å². The molecule has 0 aromatic carbocycles. The van der Waals surface area contributed by atoms with Crippen molar-refractivity contribution in [3.05, 3.63) is 0 Å². The molecule has 0 heterocycles. The average Bonchev–Trinajstić information content (AvgIpc) is 2.38. The predicted octanol–water partition coefficient (Wildman–Crippen LogP) is 0.814. The van der Waals surface area contributed by atoms with E-state index in [1.165, 1.54) is 12.8 Å². The van der Waals surface area contributed by atoms with E-state index in [1.807, 2.05) is 0 Å². The van der Waals surface area contributed by atoms with Crippen LogP contribution in [0, 0.1) is 23.7 Å². The first-order valence-electron chi connectivity index (χ1n) is 4.01. The highest BCUT2D eigenvalue weighted by molar-refractivity contribution is 5.39. The van der Waals surface area contributed by atoms with Gasteiger partial charge < -0.3 is 4.74 Å². The number of hydrogen-bond donors (Lipinski definition) is 0. The zero-order valence-corrected chi connectivity index (χ0v) is 5.69. The Bertz CT molecular complexity index is 176. The Labute approximate surface area is 59.6 Å². The van der Waals surface area contributed by atoms with Crippen molar-refractivity contribution >= 4 is 6.47 Å². The van der Waals surface area contributed by atoms with Crippen LogP contribution in [0.25, 0.3) is 0 Å². The van der Waals surface area contributed by atoms with Gasteiger partial charge in [0.15, 0.2) is 0 Å². The molecule has 10 heavy (non-hydrogen) atoms. The minimum Gasteiger partial charge on any atom is -0.464 e. The summed E-state index contributed by atoms with van der Waals surface area (Å²) in [6.07, 6.45) is 3.01. The molecule has 2 nitrogen and oxygen atoms in total. The molecule has 4 aliphatic rings. The van der Waals surface area contributed by atoms with E-state index in [4.69, 9.17) is 4.74 Å². The van der Waals surface area contributed by atoms with Gasteiger partial charge in [-0.1, -0.05) is 0 Å². The SMILES string of the molecule is O=COC1C2C[C@@H]3C1[C@@H]3C2. The summed E-state index contributed by atoms with van der Waals surface area (Å²) < 4.78 is 5.03. The molecule has 0 saturated heterocycles. The second-order valence-corrected chi connectivity index (χ2v) is 3.83. The largest absolute Gasteiger partial charge is 0.464 e. The Morgan fingerprint density at radius 1 is 1.30 bits per heavy atom. The lowest BCUT2D eigenvalue weighted by atomic mass is 10.1. The number of carbonyl (C=O) groups is 1. The van der Waals surface area contributed by atoms with Crippen LogP contribution in [0.2, 0.25) is 0 Å². The van der Waals surface area contributed by atoms with Crippen molar-refractivity contribution in [2.45, 2.75) is 18.9 Å². The minimum atomic E-state index is 0.326. The Morgan fingerprint density at radius 2 is 2.00 bits per heavy atom. The fourth-order valence-electron chi connectivity index (χ4n) is 3.27. The van der Waals surface area contributed by atoms with Gasteiger partial charge in [0.05, 0.1) is 0 Å². The molecule has 54 valence electrons. The fourth-order valence-corrected chi connectivity index (χ4v) is 3.27. The molecule has 0 N–H and O–H groups in total. The molecule has 5 atom stereocenters. The summed E-state index contributed by atoms with van der Waals surface area (Å²) in [6, 6.07) is 0. The van der Waals surface area contributed by atoms with Crippen molar-refractivity contribution in [1.82, 2.24) is 0 Å². The fraction of sp³-hybridized carbons (Fsp3) is 0.875. The van der Waals surface area contributed by atoms with Gasteiger partial charge in [-0.25, -0.2) is 0 Å². The number of carbonyl (C=O) groups excluding carboxylic acids is 1.